The average molecular weight is 354 g/mol. The van der Waals surface area contributed by atoms with Gasteiger partial charge in [0.25, 0.3) is 0 Å². The number of hydrogen-bond donors (Lipinski definition) is 2. The van der Waals surface area contributed by atoms with Crippen LogP contribution >= 0.6 is 0 Å². The number of imidazole rings is 1. The third kappa shape index (κ3) is 3.37. The number of aliphatic hydroxyl groups is 1. The number of aliphatic hydroxyl groups excluding tert-OH is 1. The van der Waals surface area contributed by atoms with Crippen LogP contribution in [0.1, 0.15) is 28.1 Å². The van der Waals surface area contributed by atoms with E-state index in [1.54, 1.807) is 17.4 Å². The lowest BCUT2D eigenvalue weighted by Gasteiger charge is -2.22. The molecule has 0 unspecified atom stereocenters. The minimum Gasteiger partial charge on any atom is -0.395 e. The zero-order valence-corrected chi connectivity index (χ0v) is 15.8. The number of rotatable bonds is 6. The van der Waals surface area contributed by atoms with Crippen molar-refractivity contribution in [2.45, 2.75) is 33.7 Å². The van der Waals surface area contributed by atoms with Crippen LogP contribution in [0, 0.1) is 20.8 Å². The Morgan fingerprint density at radius 3 is 2.65 bits per heavy atom. The van der Waals surface area contributed by atoms with Crippen LogP contribution < -0.4 is 0 Å². The van der Waals surface area contributed by atoms with Gasteiger partial charge in [-0.15, -0.1) is 0 Å². The summed E-state index contributed by atoms with van der Waals surface area (Å²) in [6, 6.07) is 4.19. The highest BCUT2D eigenvalue weighted by atomic mass is 16.3. The summed E-state index contributed by atoms with van der Waals surface area (Å²) in [7, 11) is 1.90. The van der Waals surface area contributed by atoms with Crippen LogP contribution in [0.3, 0.4) is 0 Å². The van der Waals surface area contributed by atoms with Crippen molar-refractivity contribution in [2.24, 2.45) is 7.05 Å². The van der Waals surface area contributed by atoms with E-state index in [-0.39, 0.29) is 12.5 Å². The van der Waals surface area contributed by atoms with Gasteiger partial charge in [0.15, 0.2) is 0 Å². The van der Waals surface area contributed by atoms with Gasteiger partial charge in [-0.3, -0.25) is 4.79 Å². The molecule has 26 heavy (non-hydrogen) atoms. The first-order valence-corrected chi connectivity index (χ1v) is 8.83. The molecule has 0 aliphatic heterocycles. The Balaban J connectivity index is 1.90. The van der Waals surface area contributed by atoms with E-state index in [1.807, 2.05) is 18.5 Å². The van der Waals surface area contributed by atoms with E-state index in [1.165, 1.54) is 5.56 Å². The molecule has 0 saturated carbocycles. The van der Waals surface area contributed by atoms with Crippen LogP contribution in [-0.4, -0.2) is 43.6 Å². The number of carbonyl (C=O) groups excluding carboxylic acids is 1. The quantitative estimate of drug-likeness (QED) is 0.714. The lowest BCUT2D eigenvalue weighted by molar-refractivity contribution is -0.131. The zero-order chi connectivity index (χ0) is 18.8. The lowest BCUT2D eigenvalue weighted by atomic mass is 10.0. The van der Waals surface area contributed by atoms with Crippen molar-refractivity contribution in [3.05, 3.63) is 52.7 Å². The van der Waals surface area contributed by atoms with Gasteiger partial charge >= 0.3 is 0 Å². The number of amides is 1. The average Bonchev–Trinajstić information content (AvgIpc) is 3.15. The Bertz CT molecular complexity index is 939. The first kappa shape index (κ1) is 18.2. The molecule has 1 aromatic carbocycles. The normalized spacial score (nSPS) is 11.3. The summed E-state index contributed by atoms with van der Waals surface area (Å²) in [5, 5.41) is 10.5. The molecule has 3 rings (SSSR count). The predicted octanol–water partition coefficient (Wildman–Crippen LogP) is 2.39. The smallest absolute Gasteiger partial charge is 0.227 e. The van der Waals surface area contributed by atoms with E-state index < -0.39 is 0 Å². The van der Waals surface area contributed by atoms with Crippen LogP contribution in [-0.2, 0) is 24.8 Å². The predicted molar refractivity (Wildman–Crippen MR) is 102 cm³/mol. The highest BCUT2D eigenvalue weighted by Crippen LogP contribution is 2.28. The van der Waals surface area contributed by atoms with Gasteiger partial charge in [-0.05, 0) is 37.5 Å². The highest BCUT2D eigenvalue weighted by Gasteiger charge is 2.20. The molecule has 138 valence electrons. The minimum absolute atomic E-state index is 0.00477. The molecule has 3 aromatic rings. The number of H-pyrrole nitrogens is 1. The van der Waals surface area contributed by atoms with Gasteiger partial charge in [0.2, 0.25) is 5.91 Å². The SMILES string of the molecule is Cc1[nH]c2c(C)ccc(C)c2c1CC(=O)N(CCO)Cc1cncn1C. The van der Waals surface area contributed by atoms with E-state index in [9.17, 15) is 9.90 Å². The summed E-state index contributed by atoms with van der Waals surface area (Å²) in [6.45, 7) is 6.85. The summed E-state index contributed by atoms with van der Waals surface area (Å²) in [5.41, 5.74) is 6.45. The van der Waals surface area contributed by atoms with Crippen molar-refractivity contribution in [1.29, 1.82) is 0 Å². The molecule has 0 atom stereocenters. The number of aryl methyl sites for hydroxylation is 4. The molecule has 0 saturated heterocycles. The van der Waals surface area contributed by atoms with Crippen LogP contribution in [0.25, 0.3) is 10.9 Å². The van der Waals surface area contributed by atoms with Gasteiger partial charge in [0, 0.05) is 36.4 Å². The maximum absolute atomic E-state index is 13.0. The Labute approximate surface area is 153 Å². The highest BCUT2D eigenvalue weighted by molar-refractivity contribution is 5.93. The molecule has 0 bridgehead atoms. The molecule has 2 N–H and O–H groups in total. The summed E-state index contributed by atoms with van der Waals surface area (Å²) < 4.78 is 1.89. The van der Waals surface area contributed by atoms with E-state index in [0.29, 0.717) is 19.5 Å². The van der Waals surface area contributed by atoms with Gasteiger partial charge in [0.1, 0.15) is 0 Å². The Kier molecular flexibility index (Phi) is 5.13. The van der Waals surface area contributed by atoms with Crippen LogP contribution in [0.5, 0.6) is 0 Å². The molecular weight excluding hydrogens is 328 g/mol. The van der Waals surface area contributed by atoms with Gasteiger partial charge < -0.3 is 19.6 Å². The third-order valence-corrected chi connectivity index (χ3v) is 5.01. The monoisotopic (exact) mass is 354 g/mol. The second-order valence-electron chi connectivity index (χ2n) is 6.89. The molecule has 2 heterocycles. The maximum Gasteiger partial charge on any atom is 0.227 e. The molecular formula is C20H26N4O2. The number of nitrogens with zero attached hydrogens (tertiary/aromatic N) is 3. The van der Waals surface area contributed by atoms with Gasteiger partial charge in [-0.1, -0.05) is 12.1 Å². The van der Waals surface area contributed by atoms with Crippen molar-refractivity contribution < 1.29 is 9.90 Å². The molecule has 0 aliphatic rings. The molecule has 0 spiro atoms. The summed E-state index contributed by atoms with van der Waals surface area (Å²) in [6.07, 6.45) is 3.78. The third-order valence-electron chi connectivity index (χ3n) is 5.01. The number of aromatic nitrogens is 3. The van der Waals surface area contributed by atoms with E-state index in [4.69, 9.17) is 0 Å². The molecule has 0 radical (unpaired) electrons. The summed E-state index contributed by atoms with van der Waals surface area (Å²) in [5.74, 6) is 0.00477. The van der Waals surface area contributed by atoms with Crippen molar-refractivity contribution in [1.82, 2.24) is 19.4 Å². The van der Waals surface area contributed by atoms with E-state index in [2.05, 4.69) is 35.9 Å². The van der Waals surface area contributed by atoms with Crippen LogP contribution in [0.15, 0.2) is 24.7 Å². The molecule has 2 aromatic heterocycles. The van der Waals surface area contributed by atoms with E-state index >= 15 is 0 Å². The van der Waals surface area contributed by atoms with Crippen molar-refractivity contribution in [3.8, 4) is 0 Å². The second-order valence-corrected chi connectivity index (χ2v) is 6.89. The Morgan fingerprint density at radius 1 is 1.27 bits per heavy atom. The van der Waals surface area contributed by atoms with E-state index in [0.717, 1.165) is 33.4 Å². The second kappa shape index (κ2) is 7.33. The molecule has 1 amide bonds. The number of benzene rings is 1. The number of fused-ring (bicyclic) bond motifs is 1. The zero-order valence-electron chi connectivity index (χ0n) is 15.8. The summed E-state index contributed by atoms with van der Waals surface area (Å²) in [4.78, 5) is 22.2. The fourth-order valence-corrected chi connectivity index (χ4v) is 3.44. The summed E-state index contributed by atoms with van der Waals surface area (Å²) >= 11 is 0. The largest absolute Gasteiger partial charge is 0.395 e. The Morgan fingerprint density at radius 2 is 2.00 bits per heavy atom. The maximum atomic E-state index is 13.0. The van der Waals surface area contributed by atoms with Gasteiger partial charge in [0.05, 0.1) is 31.6 Å². The fraction of sp³-hybridized carbons (Fsp3) is 0.400. The van der Waals surface area contributed by atoms with Crippen LogP contribution in [0.4, 0.5) is 0 Å². The Hall–Kier alpha value is -2.60. The first-order valence-electron chi connectivity index (χ1n) is 8.83. The standard InChI is InChI=1S/C20H26N4O2/c1-13-5-6-14(2)20-19(13)17(15(3)22-20)9-18(26)24(7-8-25)11-16-10-21-12-23(16)4/h5-6,10,12,22,25H,7-9,11H2,1-4H3. The molecule has 0 fully saturated rings. The van der Waals surface area contributed by atoms with Crippen molar-refractivity contribution in [2.75, 3.05) is 13.2 Å². The first-order chi connectivity index (χ1) is 12.4. The molecule has 0 aliphatic carbocycles. The lowest BCUT2D eigenvalue weighted by Crippen LogP contribution is -2.34. The number of nitrogens with one attached hydrogen (secondary N) is 1. The van der Waals surface area contributed by atoms with Crippen molar-refractivity contribution in [3.63, 3.8) is 0 Å². The molecule has 6 heteroatoms. The number of hydrogen-bond acceptors (Lipinski definition) is 3. The van der Waals surface area contributed by atoms with Gasteiger partial charge in [-0.25, -0.2) is 4.98 Å². The number of carbonyl (C=O) groups is 1. The van der Waals surface area contributed by atoms with Crippen molar-refractivity contribution >= 4 is 16.8 Å². The van der Waals surface area contributed by atoms with Crippen LogP contribution in [0.2, 0.25) is 0 Å². The topological polar surface area (TPSA) is 74.2 Å². The minimum atomic E-state index is -0.0609. The fourth-order valence-electron chi connectivity index (χ4n) is 3.44. The number of aromatic amines is 1. The molecule has 6 nitrogen and oxygen atoms in total. The van der Waals surface area contributed by atoms with Gasteiger partial charge in [-0.2, -0.15) is 0 Å².